The highest BCUT2D eigenvalue weighted by Gasteiger charge is 2.38. The van der Waals surface area contributed by atoms with Crippen LogP contribution in [0.15, 0.2) is 55.1 Å². The van der Waals surface area contributed by atoms with E-state index < -0.39 is 0 Å². The molecule has 1 fully saturated rings. The molecule has 0 aliphatic carbocycles. The summed E-state index contributed by atoms with van der Waals surface area (Å²) in [6.07, 6.45) is 2.90. The van der Waals surface area contributed by atoms with Gasteiger partial charge in [-0.2, -0.15) is 0 Å². The van der Waals surface area contributed by atoms with E-state index in [1.165, 1.54) is 10.8 Å². The highest BCUT2D eigenvalue weighted by atomic mass is 16.5. The molecule has 0 aromatic heterocycles. The second kappa shape index (κ2) is 5.06. The molecule has 1 saturated heterocycles. The smallest absolute Gasteiger partial charge is 0.127 e. The van der Waals surface area contributed by atoms with Gasteiger partial charge >= 0.3 is 0 Å². The molecule has 3 rings (SSSR count). The maximum absolute atomic E-state index is 6.05. The van der Waals surface area contributed by atoms with Crippen LogP contribution in [0.1, 0.15) is 6.42 Å². The molecule has 2 nitrogen and oxygen atoms in total. The third kappa shape index (κ3) is 2.36. The standard InChI is InChI=1S/C17H18O2/c1-2-10-17(11-18-12-17)13-19-16-9-5-7-14-6-3-4-8-15(14)16/h2-9H,1,10-13H2. The minimum Gasteiger partial charge on any atom is -0.492 e. The fourth-order valence-electron chi connectivity index (χ4n) is 2.51. The molecule has 98 valence electrons. The van der Waals surface area contributed by atoms with E-state index in [0.29, 0.717) is 6.61 Å². The van der Waals surface area contributed by atoms with E-state index in [9.17, 15) is 0 Å². The molecule has 1 aliphatic rings. The predicted molar refractivity (Wildman–Crippen MR) is 77.5 cm³/mol. The fourth-order valence-corrected chi connectivity index (χ4v) is 2.51. The summed E-state index contributed by atoms with van der Waals surface area (Å²) >= 11 is 0. The molecule has 0 atom stereocenters. The van der Waals surface area contributed by atoms with E-state index in [1.807, 2.05) is 30.3 Å². The number of allylic oxidation sites excluding steroid dienone is 1. The Bertz CT molecular complexity index is 579. The molecular weight excluding hydrogens is 236 g/mol. The highest BCUT2D eigenvalue weighted by molar-refractivity contribution is 5.88. The van der Waals surface area contributed by atoms with E-state index in [4.69, 9.17) is 9.47 Å². The van der Waals surface area contributed by atoms with E-state index in [2.05, 4.69) is 24.8 Å². The van der Waals surface area contributed by atoms with Crippen molar-refractivity contribution in [1.82, 2.24) is 0 Å². The molecule has 2 heteroatoms. The van der Waals surface area contributed by atoms with Gasteiger partial charge in [0.05, 0.1) is 25.2 Å². The van der Waals surface area contributed by atoms with Crippen LogP contribution in [0.5, 0.6) is 5.75 Å². The third-order valence-corrected chi connectivity index (χ3v) is 3.68. The number of fused-ring (bicyclic) bond motifs is 1. The Morgan fingerprint density at radius 1 is 1.16 bits per heavy atom. The molecule has 0 spiro atoms. The lowest BCUT2D eigenvalue weighted by Gasteiger charge is -2.40. The molecular formula is C17H18O2. The van der Waals surface area contributed by atoms with Gasteiger partial charge in [-0.15, -0.1) is 6.58 Å². The summed E-state index contributed by atoms with van der Waals surface area (Å²) in [5.74, 6) is 0.952. The molecule has 0 bridgehead atoms. The third-order valence-electron chi connectivity index (χ3n) is 3.68. The van der Waals surface area contributed by atoms with Crippen molar-refractivity contribution in [3.05, 3.63) is 55.1 Å². The van der Waals surface area contributed by atoms with Gasteiger partial charge in [0, 0.05) is 5.39 Å². The van der Waals surface area contributed by atoms with Gasteiger partial charge < -0.3 is 9.47 Å². The fraction of sp³-hybridized carbons (Fsp3) is 0.294. The van der Waals surface area contributed by atoms with Crippen LogP contribution in [0.3, 0.4) is 0 Å². The molecule has 19 heavy (non-hydrogen) atoms. The summed E-state index contributed by atoms with van der Waals surface area (Å²) in [5, 5.41) is 2.38. The van der Waals surface area contributed by atoms with Gasteiger partial charge in [-0.25, -0.2) is 0 Å². The second-order valence-corrected chi connectivity index (χ2v) is 5.25. The summed E-state index contributed by atoms with van der Waals surface area (Å²) in [4.78, 5) is 0. The number of rotatable bonds is 5. The van der Waals surface area contributed by atoms with Gasteiger partial charge in [-0.05, 0) is 17.9 Å². The lowest BCUT2D eigenvalue weighted by Crippen LogP contribution is -2.46. The van der Waals surface area contributed by atoms with E-state index in [-0.39, 0.29) is 5.41 Å². The number of hydrogen-bond donors (Lipinski definition) is 0. The molecule has 2 aromatic rings. The van der Waals surface area contributed by atoms with Crippen LogP contribution in [0.4, 0.5) is 0 Å². The van der Waals surface area contributed by atoms with Gasteiger partial charge in [0.25, 0.3) is 0 Å². The topological polar surface area (TPSA) is 18.5 Å². The quantitative estimate of drug-likeness (QED) is 0.755. The van der Waals surface area contributed by atoms with Gasteiger partial charge in [0.2, 0.25) is 0 Å². The second-order valence-electron chi connectivity index (χ2n) is 5.25. The van der Waals surface area contributed by atoms with Crippen molar-refractivity contribution in [1.29, 1.82) is 0 Å². The first-order chi connectivity index (χ1) is 9.33. The summed E-state index contributed by atoms with van der Waals surface area (Å²) in [5.41, 5.74) is 0.124. The van der Waals surface area contributed by atoms with Gasteiger partial charge in [-0.3, -0.25) is 0 Å². The van der Waals surface area contributed by atoms with Crippen LogP contribution in [0.2, 0.25) is 0 Å². The van der Waals surface area contributed by atoms with E-state index >= 15 is 0 Å². The lowest BCUT2D eigenvalue weighted by molar-refractivity contribution is -0.129. The molecule has 1 heterocycles. The van der Waals surface area contributed by atoms with Gasteiger partial charge in [0.15, 0.2) is 0 Å². The Morgan fingerprint density at radius 2 is 1.95 bits per heavy atom. The van der Waals surface area contributed by atoms with Crippen LogP contribution in [0.25, 0.3) is 10.8 Å². The zero-order valence-corrected chi connectivity index (χ0v) is 11.0. The monoisotopic (exact) mass is 254 g/mol. The summed E-state index contributed by atoms with van der Waals surface area (Å²) in [6, 6.07) is 14.5. The Hall–Kier alpha value is -1.80. The van der Waals surface area contributed by atoms with Crippen LogP contribution in [0, 0.1) is 5.41 Å². The van der Waals surface area contributed by atoms with Crippen LogP contribution < -0.4 is 4.74 Å². The molecule has 0 amide bonds. The maximum Gasteiger partial charge on any atom is 0.127 e. The van der Waals surface area contributed by atoms with Crippen LogP contribution in [-0.2, 0) is 4.74 Å². The number of benzene rings is 2. The van der Waals surface area contributed by atoms with Crippen molar-refractivity contribution < 1.29 is 9.47 Å². The Kier molecular flexibility index (Phi) is 3.26. The average molecular weight is 254 g/mol. The van der Waals surface area contributed by atoms with Crippen molar-refractivity contribution in [3.8, 4) is 5.75 Å². The molecule has 0 unspecified atom stereocenters. The summed E-state index contributed by atoms with van der Waals surface area (Å²) < 4.78 is 11.4. The number of ether oxygens (including phenoxy) is 2. The van der Waals surface area contributed by atoms with Crippen LogP contribution in [-0.4, -0.2) is 19.8 Å². The molecule has 0 radical (unpaired) electrons. The lowest BCUT2D eigenvalue weighted by atomic mass is 9.83. The Morgan fingerprint density at radius 3 is 2.68 bits per heavy atom. The van der Waals surface area contributed by atoms with Crippen molar-refractivity contribution >= 4 is 10.8 Å². The summed E-state index contributed by atoms with van der Waals surface area (Å²) in [6.45, 7) is 6.04. The van der Waals surface area contributed by atoms with Gasteiger partial charge in [-0.1, -0.05) is 42.5 Å². The van der Waals surface area contributed by atoms with Crippen LogP contribution >= 0.6 is 0 Å². The zero-order valence-electron chi connectivity index (χ0n) is 11.0. The predicted octanol–water partition coefficient (Wildman–Crippen LogP) is 3.81. The minimum absolute atomic E-state index is 0.124. The Labute approximate surface area is 113 Å². The normalized spacial score (nSPS) is 16.8. The molecule has 2 aromatic carbocycles. The van der Waals surface area contributed by atoms with Crippen molar-refractivity contribution in [2.45, 2.75) is 6.42 Å². The maximum atomic E-state index is 6.05. The molecule has 0 N–H and O–H groups in total. The van der Waals surface area contributed by atoms with Gasteiger partial charge in [0.1, 0.15) is 5.75 Å². The zero-order chi connectivity index (χ0) is 13.1. The van der Waals surface area contributed by atoms with E-state index in [1.54, 1.807) is 0 Å². The average Bonchev–Trinajstić information content (AvgIpc) is 2.41. The Balaban J connectivity index is 1.80. The largest absolute Gasteiger partial charge is 0.492 e. The first-order valence-electron chi connectivity index (χ1n) is 6.62. The van der Waals surface area contributed by atoms with Crippen molar-refractivity contribution in [2.75, 3.05) is 19.8 Å². The highest BCUT2D eigenvalue weighted by Crippen LogP contribution is 2.34. The minimum atomic E-state index is 0.124. The van der Waals surface area contributed by atoms with Crippen molar-refractivity contribution in [3.63, 3.8) is 0 Å². The number of hydrogen-bond acceptors (Lipinski definition) is 2. The first-order valence-corrected chi connectivity index (χ1v) is 6.62. The first kappa shape index (κ1) is 12.2. The molecule has 1 aliphatic heterocycles. The van der Waals surface area contributed by atoms with E-state index in [0.717, 1.165) is 25.4 Å². The van der Waals surface area contributed by atoms with Crippen molar-refractivity contribution in [2.24, 2.45) is 5.41 Å². The SMILES string of the molecule is C=CCC1(COc2cccc3ccccc23)COC1. The summed E-state index contributed by atoms with van der Waals surface area (Å²) in [7, 11) is 0. The molecule has 0 saturated carbocycles.